The zero-order valence-corrected chi connectivity index (χ0v) is 13.5. The van der Waals surface area contributed by atoms with Crippen molar-refractivity contribution < 1.29 is 8.42 Å². The summed E-state index contributed by atoms with van der Waals surface area (Å²) >= 11 is 6.46. The van der Waals surface area contributed by atoms with Gasteiger partial charge in [-0.15, -0.1) is 0 Å². The summed E-state index contributed by atoms with van der Waals surface area (Å²) in [5.41, 5.74) is 5.99. The van der Waals surface area contributed by atoms with Gasteiger partial charge in [0.2, 0.25) is 0 Å². The Balaban J connectivity index is 2.33. The Bertz CT molecular complexity index is 702. The summed E-state index contributed by atoms with van der Waals surface area (Å²) < 4.78 is 27.9. The quantitative estimate of drug-likeness (QED) is 0.820. The van der Waals surface area contributed by atoms with E-state index >= 15 is 0 Å². The lowest BCUT2D eigenvalue weighted by Gasteiger charge is -2.09. The third-order valence-corrected chi connectivity index (χ3v) is 4.71. The van der Waals surface area contributed by atoms with E-state index in [0.29, 0.717) is 10.2 Å². The van der Waals surface area contributed by atoms with Gasteiger partial charge in [-0.1, -0.05) is 15.9 Å². The molecule has 0 aliphatic carbocycles. The van der Waals surface area contributed by atoms with Crippen LogP contribution in [0.1, 0.15) is 0 Å². The first-order valence-corrected chi connectivity index (χ1v) is 8.15. The predicted molar refractivity (Wildman–Crippen MR) is 81.3 cm³/mol. The number of pyridine rings is 1. The number of hydrogen-bond donors (Lipinski definition) is 2. The van der Waals surface area contributed by atoms with Gasteiger partial charge in [0, 0.05) is 4.47 Å². The molecule has 1 heterocycles. The van der Waals surface area contributed by atoms with Crippen molar-refractivity contribution >= 4 is 53.4 Å². The van der Waals surface area contributed by atoms with E-state index in [4.69, 9.17) is 5.73 Å². The molecule has 0 spiro atoms. The molecule has 0 saturated carbocycles. The molecular formula is C11H9Br2N3O2S. The highest BCUT2D eigenvalue weighted by molar-refractivity contribution is 9.10. The summed E-state index contributed by atoms with van der Waals surface area (Å²) in [6.07, 6.45) is 1.38. The maximum absolute atomic E-state index is 12.1. The minimum atomic E-state index is -3.67. The molecule has 1 aromatic heterocycles. The highest BCUT2D eigenvalue weighted by atomic mass is 79.9. The highest BCUT2D eigenvalue weighted by Gasteiger charge is 2.16. The molecule has 0 aliphatic rings. The van der Waals surface area contributed by atoms with Crippen LogP contribution in [0.5, 0.6) is 0 Å². The molecule has 0 bridgehead atoms. The summed E-state index contributed by atoms with van der Waals surface area (Å²) in [5, 5.41) is 0. The normalized spacial score (nSPS) is 11.3. The zero-order chi connectivity index (χ0) is 14.0. The van der Waals surface area contributed by atoms with Crippen LogP contribution in [0.4, 0.5) is 11.5 Å². The molecule has 1 aromatic carbocycles. The fraction of sp³-hybridized carbons (Fsp3) is 0. The monoisotopic (exact) mass is 405 g/mol. The maximum atomic E-state index is 12.1. The first kappa shape index (κ1) is 14.3. The van der Waals surface area contributed by atoms with Crippen LogP contribution < -0.4 is 10.5 Å². The third kappa shape index (κ3) is 3.46. The summed E-state index contributed by atoms with van der Waals surface area (Å²) in [4.78, 5) is 4.09. The predicted octanol–water partition coefficient (Wildman–Crippen LogP) is 2.99. The van der Waals surface area contributed by atoms with Gasteiger partial charge < -0.3 is 5.73 Å². The van der Waals surface area contributed by atoms with Gasteiger partial charge in [0.25, 0.3) is 10.0 Å². The molecule has 0 atom stereocenters. The fourth-order valence-electron chi connectivity index (χ4n) is 1.33. The number of nitrogens with two attached hydrogens (primary N) is 1. The first-order chi connectivity index (χ1) is 8.88. The van der Waals surface area contributed by atoms with Gasteiger partial charge in [-0.25, -0.2) is 13.4 Å². The molecule has 8 heteroatoms. The van der Waals surface area contributed by atoms with E-state index in [1.165, 1.54) is 18.3 Å². The zero-order valence-electron chi connectivity index (χ0n) is 9.47. The number of nitrogen functional groups attached to an aromatic ring is 1. The molecule has 5 nitrogen and oxygen atoms in total. The van der Waals surface area contributed by atoms with Gasteiger partial charge >= 0.3 is 0 Å². The molecule has 0 aliphatic heterocycles. The standard InChI is InChI=1S/C11H9Br2N3O2S/c12-7-1-3-9(4-2-7)19(17,18)16-11-10(13)5-8(14)6-15-11/h1-6H,14H2,(H,15,16). The number of hydrogen-bond acceptors (Lipinski definition) is 4. The van der Waals surface area contributed by atoms with E-state index in [2.05, 4.69) is 41.6 Å². The molecule has 0 saturated heterocycles. The van der Waals surface area contributed by atoms with E-state index in [0.717, 1.165) is 4.47 Å². The van der Waals surface area contributed by atoms with Crippen LogP contribution in [0.25, 0.3) is 0 Å². The van der Waals surface area contributed by atoms with Crippen LogP contribution in [-0.4, -0.2) is 13.4 Å². The molecule has 2 rings (SSSR count). The van der Waals surface area contributed by atoms with E-state index < -0.39 is 10.0 Å². The first-order valence-electron chi connectivity index (χ1n) is 5.08. The van der Waals surface area contributed by atoms with Crippen LogP contribution in [0.2, 0.25) is 0 Å². The molecule has 0 radical (unpaired) electrons. The van der Waals surface area contributed by atoms with Crippen molar-refractivity contribution in [2.75, 3.05) is 10.5 Å². The minimum Gasteiger partial charge on any atom is -0.397 e. The molecule has 2 aromatic rings. The number of halogens is 2. The SMILES string of the molecule is Nc1cnc(NS(=O)(=O)c2ccc(Br)cc2)c(Br)c1. The van der Waals surface area contributed by atoms with Gasteiger partial charge in [-0.2, -0.15) is 0 Å². The number of sulfonamides is 1. The topological polar surface area (TPSA) is 85.1 Å². The number of anilines is 2. The maximum Gasteiger partial charge on any atom is 0.263 e. The highest BCUT2D eigenvalue weighted by Crippen LogP contribution is 2.24. The summed E-state index contributed by atoms with van der Waals surface area (Å²) in [6, 6.07) is 7.88. The molecule has 100 valence electrons. The Labute approximate surface area is 127 Å². The lowest BCUT2D eigenvalue weighted by atomic mass is 10.4. The van der Waals surface area contributed by atoms with Crippen molar-refractivity contribution in [1.82, 2.24) is 4.98 Å². The largest absolute Gasteiger partial charge is 0.397 e. The molecule has 0 unspecified atom stereocenters. The second kappa shape index (κ2) is 5.48. The average Bonchev–Trinajstić information content (AvgIpc) is 2.33. The van der Waals surface area contributed by atoms with Gasteiger partial charge in [0.15, 0.2) is 5.82 Å². The second-order valence-corrected chi connectivity index (χ2v) is 7.11. The molecular weight excluding hydrogens is 398 g/mol. The fourth-order valence-corrected chi connectivity index (χ4v) is 3.22. The number of aromatic nitrogens is 1. The summed E-state index contributed by atoms with van der Waals surface area (Å²) in [7, 11) is -3.67. The summed E-state index contributed by atoms with van der Waals surface area (Å²) in [5.74, 6) is 0.192. The van der Waals surface area contributed by atoms with Crippen LogP contribution in [0, 0.1) is 0 Å². The molecule has 0 amide bonds. The van der Waals surface area contributed by atoms with Crippen molar-refractivity contribution in [3.05, 3.63) is 45.5 Å². The summed E-state index contributed by atoms with van der Waals surface area (Å²) in [6.45, 7) is 0. The van der Waals surface area contributed by atoms with Gasteiger partial charge in [-0.05, 0) is 46.3 Å². The number of nitrogens with zero attached hydrogens (tertiary/aromatic N) is 1. The van der Waals surface area contributed by atoms with Crippen molar-refractivity contribution in [3.63, 3.8) is 0 Å². The smallest absolute Gasteiger partial charge is 0.263 e. The van der Waals surface area contributed by atoms with Crippen LogP contribution in [-0.2, 0) is 10.0 Å². The Morgan fingerprint density at radius 1 is 1.16 bits per heavy atom. The average molecular weight is 407 g/mol. The Kier molecular flexibility index (Phi) is 4.12. The Hall–Kier alpha value is -1.12. The van der Waals surface area contributed by atoms with E-state index in [1.54, 1.807) is 18.2 Å². The van der Waals surface area contributed by atoms with E-state index in [-0.39, 0.29) is 10.7 Å². The van der Waals surface area contributed by atoms with E-state index in [9.17, 15) is 8.42 Å². The van der Waals surface area contributed by atoms with Gasteiger partial charge in [0.05, 0.1) is 21.3 Å². The number of nitrogens with one attached hydrogen (secondary N) is 1. The van der Waals surface area contributed by atoms with Crippen molar-refractivity contribution in [3.8, 4) is 0 Å². The molecule has 19 heavy (non-hydrogen) atoms. The molecule has 0 fully saturated rings. The second-order valence-electron chi connectivity index (χ2n) is 3.66. The number of rotatable bonds is 3. The van der Waals surface area contributed by atoms with Crippen molar-refractivity contribution in [2.24, 2.45) is 0 Å². The van der Waals surface area contributed by atoms with Crippen LogP contribution in [0.15, 0.2) is 50.4 Å². The van der Waals surface area contributed by atoms with Gasteiger partial charge in [-0.3, -0.25) is 4.72 Å². The van der Waals surface area contributed by atoms with E-state index in [1.807, 2.05) is 0 Å². The van der Waals surface area contributed by atoms with Crippen LogP contribution in [0.3, 0.4) is 0 Å². The van der Waals surface area contributed by atoms with Crippen LogP contribution >= 0.6 is 31.9 Å². The molecule has 3 N–H and O–H groups in total. The Morgan fingerprint density at radius 3 is 2.37 bits per heavy atom. The number of benzene rings is 1. The van der Waals surface area contributed by atoms with Gasteiger partial charge in [0.1, 0.15) is 0 Å². The van der Waals surface area contributed by atoms with Crippen molar-refractivity contribution in [1.29, 1.82) is 0 Å². The third-order valence-electron chi connectivity index (χ3n) is 2.22. The minimum absolute atomic E-state index is 0.154. The lowest BCUT2D eigenvalue weighted by Crippen LogP contribution is -2.14. The lowest BCUT2D eigenvalue weighted by molar-refractivity contribution is 0.601. The Morgan fingerprint density at radius 2 is 1.79 bits per heavy atom. The van der Waals surface area contributed by atoms with Crippen molar-refractivity contribution in [2.45, 2.75) is 4.90 Å².